The molecular weight excluding hydrogens is 442 g/mol. The van der Waals surface area contributed by atoms with E-state index in [2.05, 4.69) is 5.32 Å². The quantitative estimate of drug-likeness (QED) is 0.636. The molecule has 1 aromatic heterocycles. The number of ketones is 1. The van der Waals surface area contributed by atoms with E-state index >= 15 is 0 Å². The monoisotopic (exact) mass is 477 g/mol. The topological polar surface area (TPSA) is 96.0 Å². The number of nitrogens with zero attached hydrogens (tertiary/aromatic N) is 2. The normalized spacial score (nSPS) is 18.9. The molecule has 2 aliphatic heterocycles. The molecule has 9 heteroatoms. The Balaban J connectivity index is 1.58. The van der Waals surface area contributed by atoms with Crippen LogP contribution in [0, 0.1) is 5.41 Å². The highest BCUT2D eigenvalue weighted by Crippen LogP contribution is 2.41. The van der Waals surface area contributed by atoms with Crippen molar-refractivity contribution in [3.8, 4) is 0 Å². The molecule has 0 saturated carbocycles. The molecule has 0 unspecified atom stereocenters. The number of Topliss-reactive ketones (excluding diaryl/α,β-unsaturated/α-hetero) is 1. The number of thiophene rings is 1. The molecule has 0 aliphatic carbocycles. The molecule has 2 fully saturated rings. The molecule has 3 rings (SSSR count). The Labute approximate surface area is 199 Å². The molecule has 1 aromatic rings. The molecule has 0 bridgehead atoms. The van der Waals surface area contributed by atoms with Crippen LogP contribution in [-0.2, 0) is 14.3 Å². The number of piperidine rings is 1. The van der Waals surface area contributed by atoms with Gasteiger partial charge in [0.2, 0.25) is 11.8 Å². The second-order valence-corrected chi connectivity index (χ2v) is 11.3. The maximum Gasteiger partial charge on any atom is 0.263 e. The molecule has 3 heterocycles. The maximum atomic E-state index is 13.2. The number of ether oxygens (including phenoxy) is 1. The summed E-state index contributed by atoms with van der Waals surface area (Å²) < 4.78 is 5.78. The molecule has 2 saturated heterocycles. The average Bonchev–Trinajstić information content (AvgIpc) is 3.38. The zero-order valence-corrected chi connectivity index (χ0v) is 21.0. The Morgan fingerprint density at radius 1 is 1.03 bits per heavy atom. The zero-order chi connectivity index (χ0) is 24.4. The van der Waals surface area contributed by atoms with Crippen molar-refractivity contribution in [1.82, 2.24) is 15.1 Å². The van der Waals surface area contributed by atoms with Gasteiger partial charge in [-0.15, -0.1) is 11.3 Å². The molecule has 0 aromatic carbocycles. The lowest BCUT2D eigenvalue weighted by molar-refractivity contribution is -0.139. The van der Waals surface area contributed by atoms with E-state index in [0.717, 1.165) is 19.3 Å². The Morgan fingerprint density at radius 3 is 2.12 bits per heavy atom. The van der Waals surface area contributed by atoms with Crippen molar-refractivity contribution in [3.63, 3.8) is 0 Å². The second-order valence-electron chi connectivity index (χ2n) is 10.2. The zero-order valence-electron chi connectivity index (χ0n) is 20.2. The van der Waals surface area contributed by atoms with Crippen LogP contribution in [0.4, 0.5) is 0 Å². The number of carbonyl (C=O) groups excluding carboxylic acids is 4. The summed E-state index contributed by atoms with van der Waals surface area (Å²) in [7, 11) is 0. The third kappa shape index (κ3) is 6.41. The Hall–Kier alpha value is -2.26. The maximum absolute atomic E-state index is 13.2. The number of likely N-dealkylation sites (tertiary alicyclic amines) is 2. The minimum absolute atomic E-state index is 0.00189. The third-order valence-corrected chi connectivity index (χ3v) is 7.56. The van der Waals surface area contributed by atoms with E-state index in [-0.39, 0.29) is 35.5 Å². The van der Waals surface area contributed by atoms with Crippen LogP contribution < -0.4 is 5.32 Å². The van der Waals surface area contributed by atoms with E-state index in [1.54, 1.807) is 12.1 Å². The third-order valence-electron chi connectivity index (χ3n) is 6.38. The van der Waals surface area contributed by atoms with Crippen LogP contribution >= 0.6 is 11.3 Å². The summed E-state index contributed by atoms with van der Waals surface area (Å²) in [5.74, 6) is -0.426. The second kappa shape index (κ2) is 9.93. The van der Waals surface area contributed by atoms with Crippen LogP contribution in [0.25, 0.3) is 0 Å². The van der Waals surface area contributed by atoms with Crippen molar-refractivity contribution in [2.24, 2.45) is 5.41 Å². The fourth-order valence-corrected chi connectivity index (χ4v) is 5.36. The summed E-state index contributed by atoms with van der Waals surface area (Å²) in [5.41, 5.74) is -0.408. The van der Waals surface area contributed by atoms with Crippen molar-refractivity contribution in [2.45, 2.75) is 65.5 Å². The molecular formula is C24H35N3O5S. The van der Waals surface area contributed by atoms with Crippen molar-refractivity contribution >= 4 is 34.8 Å². The summed E-state index contributed by atoms with van der Waals surface area (Å²) in [6, 6.07) is 2.74. The number of amides is 3. The van der Waals surface area contributed by atoms with Gasteiger partial charge in [-0.05, 0) is 64.5 Å². The minimum atomic E-state index is -0.701. The molecule has 1 N–H and O–H groups in total. The fourth-order valence-electron chi connectivity index (χ4n) is 4.49. The van der Waals surface area contributed by atoms with E-state index in [0.29, 0.717) is 35.9 Å². The van der Waals surface area contributed by atoms with Crippen LogP contribution in [0.15, 0.2) is 12.1 Å². The minimum Gasteiger partial charge on any atom is -0.373 e. The summed E-state index contributed by atoms with van der Waals surface area (Å²) >= 11 is 1.25. The van der Waals surface area contributed by atoms with E-state index < -0.39 is 11.6 Å². The first-order valence-electron chi connectivity index (χ1n) is 11.5. The van der Waals surface area contributed by atoms with E-state index in [9.17, 15) is 19.2 Å². The lowest BCUT2D eigenvalue weighted by Crippen LogP contribution is -2.51. The van der Waals surface area contributed by atoms with Gasteiger partial charge in [0.05, 0.1) is 22.0 Å². The van der Waals surface area contributed by atoms with E-state index in [4.69, 9.17) is 4.74 Å². The van der Waals surface area contributed by atoms with Crippen LogP contribution in [0.2, 0.25) is 0 Å². The predicted octanol–water partition coefficient (Wildman–Crippen LogP) is 2.73. The van der Waals surface area contributed by atoms with Crippen molar-refractivity contribution < 1.29 is 23.9 Å². The highest BCUT2D eigenvalue weighted by atomic mass is 32.1. The van der Waals surface area contributed by atoms with Crippen molar-refractivity contribution in [1.29, 1.82) is 0 Å². The van der Waals surface area contributed by atoms with Crippen LogP contribution in [-0.4, -0.2) is 77.7 Å². The van der Waals surface area contributed by atoms with Crippen molar-refractivity contribution in [3.05, 3.63) is 21.9 Å². The van der Waals surface area contributed by atoms with Gasteiger partial charge in [0.15, 0.2) is 5.78 Å². The largest absolute Gasteiger partial charge is 0.373 e. The summed E-state index contributed by atoms with van der Waals surface area (Å²) in [6.07, 6.45) is 2.55. The van der Waals surface area contributed by atoms with Gasteiger partial charge in [-0.3, -0.25) is 19.2 Å². The Bertz CT molecular complexity index is 911. The smallest absolute Gasteiger partial charge is 0.263 e. The van der Waals surface area contributed by atoms with Gasteiger partial charge in [-0.1, -0.05) is 0 Å². The predicted molar refractivity (Wildman–Crippen MR) is 126 cm³/mol. The van der Waals surface area contributed by atoms with Gasteiger partial charge >= 0.3 is 0 Å². The Morgan fingerprint density at radius 2 is 1.61 bits per heavy atom. The summed E-state index contributed by atoms with van der Waals surface area (Å²) in [4.78, 5) is 54.1. The highest BCUT2D eigenvalue weighted by molar-refractivity contribution is 7.15. The van der Waals surface area contributed by atoms with Gasteiger partial charge in [-0.25, -0.2) is 0 Å². The number of hydrogen-bond donors (Lipinski definition) is 1. The molecule has 0 radical (unpaired) electrons. The number of nitrogens with one attached hydrogen (secondary N) is 1. The standard InChI is InChI=1S/C24H35N3O5S/c1-16(28)19-6-7-20(33-19)22(31)26-11-8-24(9-12-26)10-13-27(15-24)21(30)18(25-17(2)29)14-32-23(3,4)5/h6-7,18H,8-15H2,1-5H3,(H,25,29)/t18-/m0/s1. The number of carbonyl (C=O) groups is 4. The molecule has 1 spiro atoms. The molecule has 182 valence electrons. The number of hydrogen-bond acceptors (Lipinski definition) is 6. The first-order chi connectivity index (χ1) is 15.4. The average molecular weight is 478 g/mol. The van der Waals surface area contributed by atoms with E-state index in [1.807, 2.05) is 30.6 Å². The fraction of sp³-hybridized carbons (Fsp3) is 0.667. The summed E-state index contributed by atoms with van der Waals surface area (Å²) in [5, 5.41) is 2.74. The number of rotatable bonds is 6. The van der Waals surface area contributed by atoms with Gasteiger partial charge in [-0.2, -0.15) is 0 Å². The molecule has 3 amide bonds. The van der Waals surface area contributed by atoms with Gasteiger partial charge in [0.25, 0.3) is 5.91 Å². The molecule has 8 nitrogen and oxygen atoms in total. The van der Waals surface area contributed by atoms with Gasteiger partial charge in [0.1, 0.15) is 6.04 Å². The van der Waals surface area contributed by atoms with Crippen LogP contribution in [0.1, 0.15) is 73.2 Å². The van der Waals surface area contributed by atoms with E-state index in [1.165, 1.54) is 25.2 Å². The Kier molecular flexibility index (Phi) is 7.63. The molecule has 1 atom stereocenters. The molecule has 2 aliphatic rings. The highest BCUT2D eigenvalue weighted by Gasteiger charge is 2.44. The lowest BCUT2D eigenvalue weighted by atomic mass is 9.77. The van der Waals surface area contributed by atoms with Gasteiger partial charge in [0, 0.05) is 33.1 Å². The SMILES string of the molecule is CC(=O)N[C@@H](COC(C)(C)C)C(=O)N1CCC2(CCN(C(=O)c3ccc(C(C)=O)s3)CC2)C1. The first kappa shape index (κ1) is 25.4. The van der Waals surface area contributed by atoms with Crippen molar-refractivity contribution in [2.75, 3.05) is 32.8 Å². The summed E-state index contributed by atoms with van der Waals surface area (Å²) in [6.45, 7) is 11.3. The molecule has 33 heavy (non-hydrogen) atoms. The van der Waals surface area contributed by atoms with Crippen LogP contribution in [0.5, 0.6) is 0 Å². The first-order valence-corrected chi connectivity index (χ1v) is 12.3. The lowest BCUT2D eigenvalue weighted by Gasteiger charge is -2.39. The van der Waals surface area contributed by atoms with Gasteiger partial charge < -0.3 is 19.9 Å². The van der Waals surface area contributed by atoms with Crippen LogP contribution in [0.3, 0.4) is 0 Å².